The van der Waals surface area contributed by atoms with Crippen molar-refractivity contribution in [1.29, 1.82) is 0 Å². The maximum absolute atomic E-state index is 13.5. The molecule has 0 spiro atoms. The maximum Gasteiger partial charge on any atom is 0.419 e. The number of benzene rings is 2. The van der Waals surface area contributed by atoms with Gasteiger partial charge in [0.15, 0.2) is 11.5 Å². The van der Waals surface area contributed by atoms with Gasteiger partial charge in [-0.05, 0) is 44.2 Å². The Kier molecular flexibility index (Phi) is 6.80. The van der Waals surface area contributed by atoms with Crippen molar-refractivity contribution < 1.29 is 35.8 Å². The summed E-state index contributed by atoms with van der Waals surface area (Å²) >= 11 is 0. The number of nitrogens with zero attached hydrogens (tertiary/aromatic N) is 1. The van der Waals surface area contributed by atoms with E-state index < -0.39 is 33.6 Å². The van der Waals surface area contributed by atoms with E-state index in [2.05, 4.69) is 4.72 Å². The van der Waals surface area contributed by atoms with Crippen molar-refractivity contribution in [3.63, 3.8) is 0 Å². The average molecular weight is 475 g/mol. The Hall–Kier alpha value is -2.66. The summed E-state index contributed by atoms with van der Waals surface area (Å²) < 4.78 is 84.7. The summed E-state index contributed by atoms with van der Waals surface area (Å²) in [6, 6.07) is 5.74. The van der Waals surface area contributed by atoms with Crippen LogP contribution in [0.25, 0.3) is 0 Å². The predicted molar refractivity (Wildman–Crippen MR) is 113 cm³/mol. The molecule has 1 unspecified atom stereocenters. The Balaban J connectivity index is 1.95. The molecule has 1 aliphatic heterocycles. The van der Waals surface area contributed by atoms with Gasteiger partial charge >= 0.3 is 6.18 Å². The number of methoxy groups -OCH3 is 2. The van der Waals surface area contributed by atoms with Crippen molar-refractivity contribution in [2.75, 3.05) is 39.1 Å². The quantitative estimate of drug-likeness (QED) is 0.656. The first-order valence-corrected chi connectivity index (χ1v) is 11.2. The molecule has 1 saturated heterocycles. The highest BCUT2D eigenvalue weighted by atomic mass is 32.2. The van der Waals surface area contributed by atoms with Crippen LogP contribution in [-0.2, 0) is 16.2 Å². The molecule has 2 aromatic carbocycles. The fraction of sp³-hybridized carbons (Fsp3) is 0.429. The number of nitrogens with one attached hydrogen (secondary N) is 1. The number of ether oxygens (including phenoxy) is 3. The van der Waals surface area contributed by atoms with E-state index in [4.69, 9.17) is 14.2 Å². The maximum atomic E-state index is 13.5. The second-order valence-electron chi connectivity index (χ2n) is 7.58. The van der Waals surface area contributed by atoms with Gasteiger partial charge in [-0.1, -0.05) is 0 Å². The first-order chi connectivity index (χ1) is 14.9. The van der Waals surface area contributed by atoms with Crippen molar-refractivity contribution in [2.45, 2.75) is 30.5 Å². The number of hydrogen-bond donors (Lipinski definition) is 1. The van der Waals surface area contributed by atoms with Crippen LogP contribution < -0.4 is 18.9 Å². The molecule has 1 heterocycles. The van der Waals surface area contributed by atoms with Gasteiger partial charge in [0.05, 0.1) is 30.4 Å². The van der Waals surface area contributed by atoms with Gasteiger partial charge in [0.2, 0.25) is 0 Å². The first-order valence-electron chi connectivity index (χ1n) is 9.76. The second-order valence-corrected chi connectivity index (χ2v) is 9.23. The zero-order valence-corrected chi connectivity index (χ0v) is 18.9. The molecule has 0 radical (unpaired) electrons. The van der Waals surface area contributed by atoms with Gasteiger partial charge in [-0.15, -0.1) is 0 Å². The molecule has 0 saturated carbocycles. The third-order valence-corrected chi connectivity index (χ3v) is 6.67. The number of sulfonamides is 1. The summed E-state index contributed by atoms with van der Waals surface area (Å²) in [7, 11) is 0.516. The van der Waals surface area contributed by atoms with Crippen molar-refractivity contribution in [3.8, 4) is 17.2 Å². The minimum absolute atomic E-state index is 0.0477. The molecule has 3 rings (SSSR count). The molecule has 2 aromatic rings. The highest BCUT2D eigenvalue weighted by Crippen LogP contribution is 2.39. The fourth-order valence-corrected chi connectivity index (χ4v) is 4.84. The van der Waals surface area contributed by atoms with E-state index in [0.717, 1.165) is 18.2 Å². The molecule has 0 bridgehead atoms. The lowest BCUT2D eigenvalue weighted by atomic mass is 10.1. The Morgan fingerprint density at radius 2 is 1.72 bits per heavy atom. The monoisotopic (exact) mass is 474 g/mol. The molecule has 7 nitrogen and oxygen atoms in total. The van der Waals surface area contributed by atoms with Crippen LogP contribution in [0.15, 0.2) is 35.2 Å². The number of likely N-dealkylation sites (tertiary alicyclic amines) is 1. The summed E-state index contributed by atoms with van der Waals surface area (Å²) in [4.78, 5) is 1.86. The lowest BCUT2D eigenvalue weighted by Crippen LogP contribution is -2.23. The van der Waals surface area contributed by atoms with Crippen LogP contribution in [0.5, 0.6) is 17.2 Å². The van der Waals surface area contributed by atoms with Crippen LogP contribution in [0.3, 0.4) is 0 Å². The van der Waals surface area contributed by atoms with Crippen molar-refractivity contribution in [1.82, 2.24) is 4.90 Å². The van der Waals surface area contributed by atoms with Gasteiger partial charge < -0.3 is 19.1 Å². The first kappa shape index (κ1) is 24.0. The Labute approximate surface area is 185 Å². The van der Waals surface area contributed by atoms with Crippen LogP contribution in [0.1, 0.15) is 17.5 Å². The molecule has 176 valence electrons. The number of anilines is 1. The highest BCUT2D eigenvalue weighted by molar-refractivity contribution is 7.92. The third kappa shape index (κ3) is 5.21. The number of rotatable bonds is 7. The molecular weight excluding hydrogens is 449 g/mol. The van der Waals surface area contributed by atoms with Gasteiger partial charge in [0.25, 0.3) is 10.0 Å². The zero-order valence-electron chi connectivity index (χ0n) is 18.1. The van der Waals surface area contributed by atoms with Gasteiger partial charge in [-0.2, -0.15) is 13.2 Å². The molecular formula is C21H25F3N2O5S. The molecule has 11 heteroatoms. The SMILES string of the molecule is COc1cc(C)c(S(=O)(=O)Nc2ccc(C(F)(F)F)c(OC3CCN(C)C3)c2)cc1OC. The van der Waals surface area contributed by atoms with Gasteiger partial charge in [0.1, 0.15) is 11.9 Å². The van der Waals surface area contributed by atoms with Gasteiger partial charge in [0, 0.05) is 25.2 Å². The van der Waals surface area contributed by atoms with E-state index >= 15 is 0 Å². The van der Waals surface area contributed by atoms with Crippen LogP contribution in [-0.4, -0.2) is 53.8 Å². The lowest BCUT2D eigenvalue weighted by Gasteiger charge is -2.20. The fourth-order valence-electron chi connectivity index (χ4n) is 3.55. The highest BCUT2D eigenvalue weighted by Gasteiger charge is 2.36. The Bertz CT molecular complexity index is 1090. The van der Waals surface area contributed by atoms with E-state index in [1.165, 1.54) is 26.4 Å². The normalized spacial score (nSPS) is 17.3. The topological polar surface area (TPSA) is 77.1 Å². The number of alkyl halides is 3. The molecule has 32 heavy (non-hydrogen) atoms. The summed E-state index contributed by atoms with van der Waals surface area (Å²) in [5.41, 5.74) is -0.627. The molecule has 0 aliphatic carbocycles. The standard InChI is InChI=1S/C21H25F3N2O5S/c1-13-9-18(29-3)19(30-4)11-20(13)32(27,28)25-14-5-6-16(21(22,23)24)17(10-14)31-15-7-8-26(2)12-15/h5-6,9-11,15,25H,7-8,12H2,1-4H3. The Morgan fingerprint density at radius 3 is 2.28 bits per heavy atom. The average Bonchev–Trinajstić information content (AvgIpc) is 3.11. The number of hydrogen-bond acceptors (Lipinski definition) is 6. The number of likely N-dealkylation sites (N-methyl/N-ethyl adjacent to an activating group) is 1. The van der Waals surface area contributed by atoms with E-state index in [9.17, 15) is 21.6 Å². The van der Waals surface area contributed by atoms with E-state index in [-0.39, 0.29) is 16.3 Å². The lowest BCUT2D eigenvalue weighted by molar-refractivity contribution is -0.139. The van der Waals surface area contributed by atoms with Crippen LogP contribution in [0.4, 0.5) is 18.9 Å². The van der Waals surface area contributed by atoms with Crippen molar-refractivity contribution >= 4 is 15.7 Å². The van der Waals surface area contributed by atoms with Crippen LogP contribution >= 0.6 is 0 Å². The van der Waals surface area contributed by atoms with E-state index in [1.54, 1.807) is 6.92 Å². The molecule has 0 amide bonds. The summed E-state index contributed by atoms with van der Waals surface area (Å²) in [6.07, 6.45) is -4.48. The molecule has 1 fully saturated rings. The summed E-state index contributed by atoms with van der Waals surface area (Å²) in [5, 5.41) is 0. The van der Waals surface area contributed by atoms with E-state index in [0.29, 0.717) is 30.8 Å². The summed E-state index contributed by atoms with van der Waals surface area (Å²) in [5.74, 6) is 0.151. The largest absolute Gasteiger partial charge is 0.493 e. The number of halogens is 3. The second kappa shape index (κ2) is 9.07. The summed E-state index contributed by atoms with van der Waals surface area (Å²) in [6.45, 7) is 2.77. The number of aryl methyl sites for hydroxylation is 1. The van der Waals surface area contributed by atoms with E-state index in [1.807, 2.05) is 11.9 Å². The predicted octanol–water partition coefficient (Wildman–Crippen LogP) is 3.91. The Morgan fingerprint density at radius 1 is 1.06 bits per heavy atom. The minimum atomic E-state index is -4.64. The van der Waals surface area contributed by atoms with Gasteiger partial charge in [-0.3, -0.25) is 4.72 Å². The van der Waals surface area contributed by atoms with Crippen molar-refractivity contribution in [2.24, 2.45) is 0 Å². The molecule has 1 aliphatic rings. The molecule has 1 atom stereocenters. The molecule has 1 N–H and O–H groups in total. The zero-order chi connectivity index (χ0) is 23.7. The van der Waals surface area contributed by atoms with Crippen LogP contribution in [0.2, 0.25) is 0 Å². The minimum Gasteiger partial charge on any atom is -0.493 e. The smallest absolute Gasteiger partial charge is 0.419 e. The van der Waals surface area contributed by atoms with Crippen LogP contribution in [0, 0.1) is 6.92 Å². The molecule has 0 aromatic heterocycles. The van der Waals surface area contributed by atoms with Crippen molar-refractivity contribution in [3.05, 3.63) is 41.5 Å². The third-order valence-electron chi connectivity index (χ3n) is 5.15. The van der Waals surface area contributed by atoms with Gasteiger partial charge in [-0.25, -0.2) is 8.42 Å².